The number of nitrogens with zero attached hydrogens (tertiary/aromatic N) is 4. The molecule has 5 rings (SSSR count). The zero-order valence-electron chi connectivity index (χ0n) is 17.0. The number of halogens is 3. The van der Waals surface area contributed by atoms with E-state index in [0.717, 1.165) is 47.3 Å². The largest absolute Gasteiger partial charge is 0.367 e. The lowest BCUT2D eigenvalue weighted by Crippen LogP contribution is -2.67. The molecule has 2 bridgehead atoms. The Morgan fingerprint density at radius 3 is 2.59 bits per heavy atom. The first-order chi connectivity index (χ1) is 14.0. The summed E-state index contributed by atoms with van der Waals surface area (Å²) in [5.41, 5.74) is 6.89. The van der Waals surface area contributed by atoms with Crippen LogP contribution in [0, 0.1) is 13.8 Å². The molecule has 2 atom stereocenters. The number of aromatic nitrogens is 2. The molecule has 2 N–H and O–H groups in total. The number of anilines is 1. The lowest BCUT2D eigenvalue weighted by atomic mass is 9.91. The van der Waals surface area contributed by atoms with Gasteiger partial charge in [-0.3, -0.25) is 8.79 Å². The van der Waals surface area contributed by atoms with Crippen molar-refractivity contribution in [2.24, 2.45) is 5.10 Å². The second kappa shape index (κ2) is 9.25. The van der Waals surface area contributed by atoms with E-state index in [-0.39, 0.29) is 5.75 Å². The molecule has 0 aliphatic carbocycles. The van der Waals surface area contributed by atoms with E-state index in [1.807, 2.05) is 24.4 Å². The third-order valence-electron chi connectivity index (χ3n) is 5.04. The van der Waals surface area contributed by atoms with Crippen LogP contribution < -0.4 is 15.6 Å². The van der Waals surface area contributed by atoms with Gasteiger partial charge < -0.3 is 15.6 Å². The van der Waals surface area contributed by atoms with Crippen molar-refractivity contribution in [1.29, 1.82) is 0 Å². The molecule has 2 aromatic rings. The number of piperazine rings is 1. The Morgan fingerprint density at radius 2 is 2.00 bits per heavy atom. The van der Waals surface area contributed by atoms with Crippen molar-refractivity contribution < 1.29 is 13.2 Å². The fraction of sp³-hybridized carbons (Fsp3) is 0.579. The van der Waals surface area contributed by atoms with Crippen molar-refractivity contribution in [1.82, 2.24) is 20.1 Å². The number of aryl methyl sites for hydroxylation is 2. The molecular weight excluding hydrogens is 401 g/mol. The monoisotopic (exact) mass is 428 g/mol. The normalized spacial score (nSPS) is 21.1. The number of piperidine rings is 1. The molecule has 0 spiro atoms. The van der Waals surface area contributed by atoms with Crippen LogP contribution in [-0.2, 0) is 0 Å². The summed E-state index contributed by atoms with van der Waals surface area (Å²) < 4.78 is 37.0. The molecule has 0 aromatic carbocycles. The molecule has 3 saturated heterocycles. The summed E-state index contributed by atoms with van der Waals surface area (Å²) in [5, 5.41) is 8.24. The van der Waals surface area contributed by atoms with Gasteiger partial charge in [-0.25, -0.2) is 13.8 Å². The van der Waals surface area contributed by atoms with Gasteiger partial charge in [-0.2, -0.15) is 5.10 Å². The van der Waals surface area contributed by atoms with E-state index in [4.69, 9.17) is 4.98 Å². The van der Waals surface area contributed by atoms with Crippen LogP contribution in [0.5, 0.6) is 0 Å². The number of alkyl halides is 3. The minimum atomic E-state index is -2.39. The van der Waals surface area contributed by atoms with Gasteiger partial charge in [0.15, 0.2) is 10.9 Å². The number of hydrogen-bond acceptors (Lipinski definition) is 6. The Bertz CT molecular complexity index is 868. The quantitative estimate of drug-likeness (QED) is 0.436. The maximum Gasteiger partial charge on any atom is 0.247 e. The van der Waals surface area contributed by atoms with E-state index in [2.05, 4.69) is 26.8 Å². The molecule has 2 aromatic heterocycles. The summed E-state index contributed by atoms with van der Waals surface area (Å²) >= 11 is 1.02. The lowest BCUT2D eigenvalue weighted by molar-refractivity contribution is 0.177. The molecule has 2 unspecified atom stereocenters. The number of thioether (sulfide) groups is 1. The molecule has 0 amide bonds. The van der Waals surface area contributed by atoms with Crippen LogP contribution in [0.2, 0.25) is 0 Å². The Labute approximate surface area is 172 Å². The number of imidazole rings is 1. The molecular formula is C19H27F3N6S. The van der Waals surface area contributed by atoms with E-state index in [1.54, 1.807) is 7.05 Å². The van der Waals surface area contributed by atoms with E-state index in [0.29, 0.717) is 30.1 Å². The van der Waals surface area contributed by atoms with Crippen LogP contribution in [-0.4, -0.2) is 66.0 Å². The van der Waals surface area contributed by atoms with Crippen molar-refractivity contribution in [2.45, 2.75) is 38.8 Å². The van der Waals surface area contributed by atoms with Crippen molar-refractivity contribution in [3.8, 4) is 0 Å². The number of pyridine rings is 1. The second-order valence-electron chi connectivity index (χ2n) is 7.19. The summed E-state index contributed by atoms with van der Waals surface area (Å²) in [7, 11) is 2.16. The Morgan fingerprint density at radius 1 is 1.34 bits per heavy atom. The van der Waals surface area contributed by atoms with Crippen molar-refractivity contribution >= 4 is 28.0 Å². The van der Waals surface area contributed by atoms with Gasteiger partial charge in [0.1, 0.15) is 0 Å². The molecule has 3 aliphatic heterocycles. The second-order valence-corrected chi connectivity index (χ2v) is 8.19. The van der Waals surface area contributed by atoms with Crippen LogP contribution in [0.15, 0.2) is 17.4 Å². The Balaban J connectivity index is 0.00000117. The summed E-state index contributed by atoms with van der Waals surface area (Å²) in [4.78, 5) is 7.11. The molecule has 10 heteroatoms. The fourth-order valence-electron chi connectivity index (χ4n) is 4.00. The molecule has 29 heavy (non-hydrogen) atoms. The Hall–Kier alpha value is -1.94. The third-order valence-corrected chi connectivity index (χ3v) is 6.00. The maximum atomic E-state index is 12.7. The molecule has 5 heterocycles. The molecule has 3 fully saturated rings. The highest BCUT2D eigenvalue weighted by Crippen LogP contribution is 2.33. The summed E-state index contributed by atoms with van der Waals surface area (Å²) in [5.74, 6) is 0.293. The molecule has 3 aliphatic rings. The van der Waals surface area contributed by atoms with Gasteiger partial charge in [-0.05, 0) is 31.9 Å². The zero-order valence-corrected chi connectivity index (χ0v) is 17.9. The molecule has 6 nitrogen and oxygen atoms in total. The summed E-state index contributed by atoms with van der Waals surface area (Å²) in [6.07, 6.45) is 0.852. The van der Waals surface area contributed by atoms with E-state index >= 15 is 0 Å². The van der Waals surface area contributed by atoms with Gasteiger partial charge in [0.25, 0.3) is 0 Å². The highest BCUT2D eigenvalue weighted by atomic mass is 32.2. The number of rotatable bonds is 5. The van der Waals surface area contributed by atoms with E-state index in [9.17, 15) is 13.2 Å². The summed E-state index contributed by atoms with van der Waals surface area (Å²) in [6, 6.07) is 3.30. The fourth-order valence-corrected chi connectivity index (χ4v) is 4.71. The van der Waals surface area contributed by atoms with Gasteiger partial charge in [0.05, 0.1) is 29.8 Å². The average Bonchev–Trinajstić information content (AvgIpc) is 3.01. The molecule has 0 radical (unpaired) electrons. The molecule has 0 saturated carbocycles. The van der Waals surface area contributed by atoms with Gasteiger partial charge in [0.2, 0.25) is 6.43 Å². The predicted octanol–water partition coefficient (Wildman–Crippen LogP) is 2.97. The van der Waals surface area contributed by atoms with Gasteiger partial charge >= 0.3 is 0 Å². The van der Waals surface area contributed by atoms with Crippen LogP contribution >= 0.6 is 11.8 Å². The van der Waals surface area contributed by atoms with Gasteiger partial charge in [0, 0.05) is 38.4 Å². The summed E-state index contributed by atoms with van der Waals surface area (Å²) in [6.45, 7) is 5.97. The average molecular weight is 429 g/mol. The Kier molecular flexibility index (Phi) is 6.94. The van der Waals surface area contributed by atoms with Gasteiger partial charge in [-0.15, -0.1) is 0 Å². The van der Waals surface area contributed by atoms with Crippen LogP contribution in [0.4, 0.5) is 18.9 Å². The van der Waals surface area contributed by atoms with Crippen molar-refractivity contribution in [3.05, 3.63) is 29.3 Å². The minimum absolute atomic E-state index is 0.311. The first kappa shape index (κ1) is 21.8. The molecule has 160 valence electrons. The van der Waals surface area contributed by atoms with E-state index < -0.39 is 6.43 Å². The lowest BCUT2D eigenvalue weighted by Gasteiger charge is -2.49. The van der Waals surface area contributed by atoms with Crippen molar-refractivity contribution in [2.75, 3.05) is 38.0 Å². The highest BCUT2D eigenvalue weighted by molar-refractivity contribution is 8.14. The SMILES string of the molecule is CF.CN/N=C(\SCC(F)F)c1nc(C)c2c(N3CC4CC(C3)N4)cc(C)cn12. The van der Waals surface area contributed by atoms with Gasteiger partial charge in [-0.1, -0.05) is 11.8 Å². The van der Waals surface area contributed by atoms with Crippen molar-refractivity contribution in [3.63, 3.8) is 0 Å². The highest BCUT2D eigenvalue weighted by Gasteiger charge is 2.37. The van der Waals surface area contributed by atoms with E-state index in [1.165, 1.54) is 6.42 Å². The number of fused-ring (bicyclic) bond motifs is 3. The number of hydrazone groups is 1. The minimum Gasteiger partial charge on any atom is -0.367 e. The first-order valence-electron chi connectivity index (χ1n) is 9.50. The zero-order chi connectivity index (χ0) is 21.1. The maximum absolute atomic E-state index is 12.7. The van der Waals surface area contributed by atoms with Crippen LogP contribution in [0.1, 0.15) is 23.5 Å². The predicted molar refractivity (Wildman–Crippen MR) is 113 cm³/mol. The number of nitrogens with one attached hydrogen (secondary N) is 2. The number of hydrogen-bond donors (Lipinski definition) is 2. The standard InChI is InChI=1S/C18H24F2N6S.CH3F/c1-10-4-14(25-7-12-5-13(8-25)23-12)16-11(2)22-17(26(16)6-10)18(24-21-3)27-9-15(19)20;1-2/h4,6,12-13,15,21,23H,5,7-9H2,1-3H3;1H3/b24-18-;. The third kappa shape index (κ3) is 4.48. The smallest absolute Gasteiger partial charge is 0.247 e. The van der Waals surface area contributed by atoms with Crippen LogP contribution in [0.25, 0.3) is 5.52 Å². The first-order valence-corrected chi connectivity index (χ1v) is 10.5. The van der Waals surface area contributed by atoms with Crippen LogP contribution in [0.3, 0.4) is 0 Å². The topological polar surface area (TPSA) is 57.0 Å².